The van der Waals surface area contributed by atoms with Gasteiger partial charge in [-0.1, -0.05) is 0 Å². The number of halogens is 1. The molecule has 6 heteroatoms. The van der Waals surface area contributed by atoms with Crippen molar-refractivity contribution in [2.75, 3.05) is 18.0 Å². The van der Waals surface area contributed by atoms with E-state index in [1.54, 1.807) is 30.6 Å². The van der Waals surface area contributed by atoms with Crippen molar-refractivity contribution in [1.82, 2.24) is 10.3 Å². The van der Waals surface area contributed by atoms with Gasteiger partial charge in [0.2, 0.25) is 0 Å². The summed E-state index contributed by atoms with van der Waals surface area (Å²) in [6, 6.07) is 6.13. The third kappa shape index (κ3) is 3.22. The monoisotopic (exact) mass is 299 g/mol. The minimum Gasteiger partial charge on any atom is -0.399 e. The number of hydrogen-bond acceptors (Lipinski definition) is 5. The van der Waals surface area contributed by atoms with E-state index in [9.17, 15) is 4.39 Å². The van der Waals surface area contributed by atoms with Gasteiger partial charge >= 0.3 is 0 Å². The Balaban J connectivity index is 2.53. The molecule has 0 radical (unpaired) electrons. The number of nitrogens with two attached hydrogens (primary N) is 2. The molecule has 22 heavy (non-hydrogen) atoms. The van der Waals surface area contributed by atoms with E-state index in [-0.39, 0.29) is 5.82 Å². The summed E-state index contributed by atoms with van der Waals surface area (Å²) in [4.78, 5) is 4.10. The first-order chi connectivity index (χ1) is 10.6. The molecule has 1 aromatic carbocycles. The maximum Gasteiger partial charge on any atom is 0.133 e. The summed E-state index contributed by atoms with van der Waals surface area (Å²) in [7, 11) is 0. The van der Waals surface area contributed by atoms with Crippen LogP contribution >= 0.6 is 0 Å². The lowest BCUT2D eigenvalue weighted by molar-refractivity contribution is 0.632. The normalized spacial score (nSPS) is 11.3. The smallest absolute Gasteiger partial charge is 0.133 e. The summed E-state index contributed by atoms with van der Waals surface area (Å²) in [6.07, 6.45) is 4.48. The van der Waals surface area contributed by atoms with Gasteiger partial charge in [-0.05, 0) is 31.2 Å². The number of benzene rings is 1. The van der Waals surface area contributed by atoms with E-state index in [2.05, 4.69) is 10.3 Å². The van der Waals surface area contributed by atoms with Crippen molar-refractivity contribution in [3.05, 3.63) is 48.0 Å². The minimum atomic E-state index is -0.460. The highest BCUT2D eigenvalue weighted by Gasteiger charge is 2.12. The molecule has 2 aromatic rings. The molecule has 1 heterocycles. The fourth-order valence-electron chi connectivity index (χ4n) is 2.02. The van der Waals surface area contributed by atoms with Crippen LogP contribution in [0.1, 0.15) is 12.5 Å². The molecule has 0 saturated heterocycles. The average molecular weight is 299 g/mol. The number of nitrogens with zero attached hydrogens (tertiary/aromatic N) is 1. The zero-order valence-electron chi connectivity index (χ0n) is 12.2. The van der Waals surface area contributed by atoms with E-state index in [4.69, 9.17) is 16.9 Å². The van der Waals surface area contributed by atoms with E-state index in [0.29, 0.717) is 28.0 Å². The molecule has 1 aromatic heterocycles. The highest BCUT2D eigenvalue weighted by Crippen LogP contribution is 2.30. The maximum atomic E-state index is 14.1. The zero-order chi connectivity index (χ0) is 16.1. The number of anilines is 2. The van der Waals surface area contributed by atoms with Crippen LogP contribution in [-0.4, -0.2) is 17.7 Å². The Labute approximate surface area is 128 Å². The van der Waals surface area contributed by atoms with Gasteiger partial charge in [-0.25, -0.2) is 9.37 Å². The molecular weight excluding hydrogens is 281 g/mol. The molecule has 0 amide bonds. The molecule has 5 nitrogen and oxygen atoms in total. The van der Waals surface area contributed by atoms with E-state index >= 15 is 0 Å². The lowest BCUT2D eigenvalue weighted by atomic mass is 10.0. The Morgan fingerprint density at radius 3 is 2.73 bits per heavy atom. The van der Waals surface area contributed by atoms with Crippen molar-refractivity contribution in [1.29, 1.82) is 5.41 Å². The molecule has 6 N–H and O–H groups in total. The van der Waals surface area contributed by atoms with Gasteiger partial charge in [0.05, 0.1) is 0 Å². The largest absolute Gasteiger partial charge is 0.399 e. The van der Waals surface area contributed by atoms with Crippen LogP contribution < -0.4 is 16.8 Å². The van der Waals surface area contributed by atoms with E-state index in [1.165, 1.54) is 12.3 Å². The topological polar surface area (TPSA) is 101 Å². The van der Waals surface area contributed by atoms with Crippen molar-refractivity contribution >= 4 is 23.3 Å². The standard InChI is InChI=1S/C16H18FN5/c1-2-21-8-11(7-18)10-5-14(16(20)22-9-10)13-4-3-12(19)6-15(13)17/h3-9,18,21H,2,19H2,1H3,(H2,20,22)/b11-8+,18-7?. The van der Waals surface area contributed by atoms with Crippen molar-refractivity contribution in [3.8, 4) is 11.1 Å². The van der Waals surface area contributed by atoms with Gasteiger partial charge in [-0.15, -0.1) is 0 Å². The van der Waals surface area contributed by atoms with Crippen molar-refractivity contribution < 1.29 is 4.39 Å². The second kappa shape index (κ2) is 6.71. The first-order valence-corrected chi connectivity index (χ1v) is 6.82. The Morgan fingerprint density at radius 2 is 2.09 bits per heavy atom. The first-order valence-electron chi connectivity index (χ1n) is 6.82. The number of hydrogen-bond donors (Lipinski definition) is 4. The number of allylic oxidation sites excluding steroid dienone is 1. The SMILES string of the molecule is CCN/C=C(\C=N)c1cnc(N)c(-c2ccc(N)cc2F)c1. The van der Waals surface area contributed by atoms with Crippen LogP contribution in [0.2, 0.25) is 0 Å². The molecule has 0 bridgehead atoms. The lowest BCUT2D eigenvalue weighted by Crippen LogP contribution is -2.05. The van der Waals surface area contributed by atoms with Gasteiger partial charge in [-0.2, -0.15) is 0 Å². The lowest BCUT2D eigenvalue weighted by Gasteiger charge is -2.10. The van der Waals surface area contributed by atoms with Gasteiger partial charge in [0.25, 0.3) is 0 Å². The number of nitrogen functional groups attached to an aromatic ring is 2. The molecule has 0 unspecified atom stereocenters. The molecule has 0 spiro atoms. The Kier molecular flexibility index (Phi) is 4.73. The van der Waals surface area contributed by atoms with Gasteiger partial charge < -0.3 is 22.2 Å². The van der Waals surface area contributed by atoms with Crippen LogP contribution in [0.25, 0.3) is 16.7 Å². The van der Waals surface area contributed by atoms with Crippen LogP contribution in [0.4, 0.5) is 15.9 Å². The van der Waals surface area contributed by atoms with Crippen LogP contribution in [0.5, 0.6) is 0 Å². The quantitative estimate of drug-likeness (QED) is 0.503. The van der Waals surface area contributed by atoms with E-state index in [1.807, 2.05) is 6.92 Å². The Bertz CT molecular complexity index is 724. The predicted molar refractivity (Wildman–Crippen MR) is 88.9 cm³/mol. The van der Waals surface area contributed by atoms with E-state index < -0.39 is 5.82 Å². The Hall–Kier alpha value is -2.89. The van der Waals surface area contributed by atoms with Crippen molar-refractivity contribution in [3.63, 3.8) is 0 Å². The summed E-state index contributed by atoms with van der Waals surface area (Å²) in [6.45, 7) is 2.69. The maximum absolute atomic E-state index is 14.1. The molecule has 2 rings (SSSR count). The molecule has 0 fully saturated rings. The fourth-order valence-corrected chi connectivity index (χ4v) is 2.02. The molecular formula is C16H18FN5. The second-order valence-electron chi connectivity index (χ2n) is 4.70. The van der Waals surface area contributed by atoms with Crippen LogP contribution in [0.3, 0.4) is 0 Å². The molecule has 0 aliphatic carbocycles. The second-order valence-corrected chi connectivity index (χ2v) is 4.70. The molecule has 114 valence electrons. The fraction of sp³-hybridized carbons (Fsp3) is 0.125. The van der Waals surface area contributed by atoms with Crippen LogP contribution in [0.15, 0.2) is 36.7 Å². The highest BCUT2D eigenvalue weighted by atomic mass is 19.1. The van der Waals surface area contributed by atoms with Crippen molar-refractivity contribution in [2.45, 2.75) is 6.92 Å². The number of pyridine rings is 1. The highest BCUT2D eigenvalue weighted by molar-refractivity contribution is 6.08. The number of aromatic nitrogens is 1. The summed E-state index contributed by atoms with van der Waals surface area (Å²) in [5.41, 5.74) is 13.9. The van der Waals surface area contributed by atoms with Gasteiger partial charge in [0, 0.05) is 53.1 Å². The van der Waals surface area contributed by atoms with Gasteiger partial charge in [0.1, 0.15) is 11.6 Å². The van der Waals surface area contributed by atoms with E-state index in [0.717, 1.165) is 6.54 Å². The predicted octanol–water partition coefficient (Wildman–Crippen LogP) is 2.65. The average Bonchev–Trinajstić information content (AvgIpc) is 2.50. The molecule has 0 saturated carbocycles. The molecule has 0 aliphatic rings. The molecule has 0 atom stereocenters. The minimum absolute atomic E-state index is 0.222. The summed E-state index contributed by atoms with van der Waals surface area (Å²) >= 11 is 0. The number of rotatable bonds is 5. The third-order valence-electron chi connectivity index (χ3n) is 3.15. The first kappa shape index (κ1) is 15.5. The summed E-state index contributed by atoms with van der Waals surface area (Å²) in [5.74, 6) is -0.238. The number of nitrogens with one attached hydrogen (secondary N) is 2. The van der Waals surface area contributed by atoms with Crippen LogP contribution in [0, 0.1) is 11.2 Å². The zero-order valence-corrected chi connectivity index (χ0v) is 12.2. The van der Waals surface area contributed by atoms with Gasteiger partial charge in [-0.3, -0.25) is 0 Å². The summed E-state index contributed by atoms with van der Waals surface area (Å²) in [5, 5.41) is 10.5. The van der Waals surface area contributed by atoms with Crippen molar-refractivity contribution in [2.24, 2.45) is 0 Å². The van der Waals surface area contributed by atoms with Crippen LogP contribution in [-0.2, 0) is 0 Å². The Morgan fingerprint density at radius 1 is 1.32 bits per heavy atom. The molecule has 0 aliphatic heterocycles. The third-order valence-corrected chi connectivity index (χ3v) is 3.15. The van der Waals surface area contributed by atoms with Gasteiger partial charge in [0.15, 0.2) is 0 Å². The summed E-state index contributed by atoms with van der Waals surface area (Å²) < 4.78 is 14.1.